The van der Waals surface area contributed by atoms with Crippen LogP contribution in [0.1, 0.15) is 19.4 Å². The zero-order valence-electron chi connectivity index (χ0n) is 14.2. The number of hydrogen-bond acceptors (Lipinski definition) is 2. The number of nitrogens with one attached hydrogen (secondary N) is 2. The van der Waals surface area contributed by atoms with Gasteiger partial charge in [0.1, 0.15) is 5.82 Å². The molecule has 0 aliphatic heterocycles. The summed E-state index contributed by atoms with van der Waals surface area (Å²) in [5.41, 5.74) is 3.40. The molecule has 2 aromatic carbocycles. The molecule has 2 amide bonds. The summed E-state index contributed by atoms with van der Waals surface area (Å²) in [5, 5.41) is 5.18. The van der Waals surface area contributed by atoms with Gasteiger partial charge in [-0.2, -0.15) is 0 Å². The van der Waals surface area contributed by atoms with E-state index in [1.54, 1.807) is 24.3 Å². The van der Waals surface area contributed by atoms with Gasteiger partial charge in [0.15, 0.2) is 0 Å². The fourth-order valence-electron chi connectivity index (χ4n) is 2.08. The summed E-state index contributed by atoms with van der Waals surface area (Å²) < 4.78 is 13.1. The molecule has 0 saturated carbocycles. The van der Waals surface area contributed by atoms with E-state index in [1.807, 2.05) is 19.9 Å². The van der Waals surface area contributed by atoms with E-state index in [4.69, 9.17) is 0 Å². The molecule has 4 nitrogen and oxygen atoms in total. The van der Waals surface area contributed by atoms with E-state index in [0.29, 0.717) is 11.4 Å². The van der Waals surface area contributed by atoms with Crippen LogP contribution in [0.25, 0.3) is 17.2 Å². The van der Waals surface area contributed by atoms with Gasteiger partial charge < -0.3 is 10.6 Å². The minimum Gasteiger partial charge on any atom is -0.341 e. The smallest absolute Gasteiger partial charge is 0.319 e. The monoisotopic (exact) mass is 327 g/mol. The fraction of sp³-hybridized carbons (Fsp3) is 0.158. The second-order valence-corrected chi connectivity index (χ2v) is 4.53. The van der Waals surface area contributed by atoms with Gasteiger partial charge in [-0.05, 0) is 42.1 Å². The molecule has 0 heterocycles. The molecular formula is C19H22FN3O. The first-order chi connectivity index (χ1) is 11.6. The van der Waals surface area contributed by atoms with Crippen molar-refractivity contribution in [2.24, 2.45) is 4.99 Å². The first-order valence-electron chi connectivity index (χ1n) is 7.61. The predicted molar refractivity (Wildman–Crippen MR) is 101 cm³/mol. The van der Waals surface area contributed by atoms with Crippen molar-refractivity contribution in [1.29, 1.82) is 0 Å². The lowest BCUT2D eigenvalue weighted by atomic mass is 10.00. The summed E-state index contributed by atoms with van der Waals surface area (Å²) in [6.07, 6.45) is 1.63. The van der Waals surface area contributed by atoms with Crippen molar-refractivity contribution >= 4 is 30.2 Å². The van der Waals surface area contributed by atoms with Crippen molar-refractivity contribution in [2.75, 3.05) is 12.4 Å². The van der Waals surface area contributed by atoms with Crippen LogP contribution < -0.4 is 10.6 Å². The molecule has 5 heteroatoms. The van der Waals surface area contributed by atoms with Crippen LogP contribution in [0, 0.1) is 5.82 Å². The van der Waals surface area contributed by atoms with E-state index in [1.165, 1.54) is 19.2 Å². The van der Waals surface area contributed by atoms with E-state index < -0.39 is 0 Å². The molecule has 126 valence electrons. The van der Waals surface area contributed by atoms with Gasteiger partial charge in [0, 0.05) is 12.6 Å². The number of urea groups is 1. The largest absolute Gasteiger partial charge is 0.341 e. The average Bonchev–Trinajstić information content (AvgIpc) is 2.63. The van der Waals surface area contributed by atoms with E-state index in [-0.39, 0.29) is 11.8 Å². The Morgan fingerprint density at radius 2 is 1.79 bits per heavy atom. The molecule has 2 aromatic rings. The number of anilines is 1. The second kappa shape index (κ2) is 9.25. The number of hydrogen-bond donors (Lipinski definition) is 2. The van der Waals surface area contributed by atoms with Gasteiger partial charge >= 0.3 is 6.03 Å². The molecule has 24 heavy (non-hydrogen) atoms. The van der Waals surface area contributed by atoms with E-state index >= 15 is 0 Å². The van der Waals surface area contributed by atoms with E-state index in [9.17, 15) is 9.18 Å². The summed E-state index contributed by atoms with van der Waals surface area (Å²) in [6.45, 7) is 11.3. The van der Waals surface area contributed by atoms with Crippen LogP contribution in [0.2, 0.25) is 0 Å². The Bertz CT molecular complexity index is 724. The first kappa shape index (κ1) is 19.1. The quantitative estimate of drug-likeness (QED) is 0.741. The van der Waals surface area contributed by atoms with Gasteiger partial charge in [-0.25, -0.2) is 9.18 Å². The van der Waals surface area contributed by atoms with Crippen LogP contribution in [-0.2, 0) is 0 Å². The van der Waals surface area contributed by atoms with Crippen molar-refractivity contribution in [3.8, 4) is 11.1 Å². The minimum absolute atomic E-state index is 0.305. The molecule has 0 aromatic heterocycles. The maximum absolute atomic E-state index is 13.1. The Morgan fingerprint density at radius 1 is 1.17 bits per heavy atom. The Kier molecular flexibility index (Phi) is 7.36. The highest BCUT2D eigenvalue weighted by Crippen LogP contribution is 2.35. The second-order valence-electron chi connectivity index (χ2n) is 4.53. The van der Waals surface area contributed by atoms with Gasteiger partial charge in [-0.3, -0.25) is 4.99 Å². The van der Waals surface area contributed by atoms with Crippen molar-refractivity contribution in [2.45, 2.75) is 13.8 Å². The maximum Gasteiger partial charge on any atom is 0.319 e. The number of rotatable bonds is 4. The van der Waals surface area contributed by atoms with Crippen LogP contribution in [0.4, 0.5) is 20.6 Å². The molecule has 0 atom stereocenters. The standard InChI is InChI=1S/C17H16FN3O.C2H6/c1-4-11-9-13(12-5-7-14(18)8-6-12)10-15(16(11)19-2)21-17(22)20-3;1-2/h4-10H,1-2H2,3H3,(H2,20,21,22);1-2H3. The number of aliphatic imine (C=N–C) groups is 1. The van der Waals surface area contributed by atoms with Gasteiger partial charge in [-0.1, -0.05) is 38.6 Å². The summed E-state index contributed by atoms with van der Waals surface area (Å²) >= 11 is 0. The molecule has 2 rings (SSSR count). The van der Waals surface area contributed by atoms with Crippen molar-refractivity contribution in [3.63, 3.8) is 0 Å². The number of halogens is 1. The summed E-state index contributed by atoms with van der Waals surface area (Å²) in [6, 6.07) is 9.36. The Labute approximate surface area is 142 Å². The van der Waals surface area contributed by atoms with Gasteiger partial charge in [0.2, 0.25) is 0 Å². The van der Waals surface area contributed by atoms with Crippen LogP contribution in [0.5, 0.6) is 0 Å². The highest BCUT2D eigenvalue weighted by atomic mass is 19.1. The predicted octanol–water partition coefficient (Wildman–Crippen LogP) is 5.25. The molecule has 0 aliphatic carbocycles. The number of carbonyl (C=O) groups is 1. The van der Waals surface area contributed by atoms with Crippen molar-refractivity contribution in [3.05, 3.63) is 54.4 Å². The van der Waals surface area contributed by atoms with E-state index in [2.05, 4.69) is 28.9 Å². The number of nitrogens with zero attached hydrogens (tertiary/aromatic N) is 1. The van der Waals surface area contributed by atoms with Crippen LogP contribution in [0.15, 0.2) is 48.0 Å². The third kappa shape index (κ3) is 4.52. The number of amides is 2. The lowest BCUT2D eigenvalue weighted by Crippen LogP contribution is -2.24. The molecular weight excluding hydrogens is 305 g/mol. The molecule has 2 N–H and O–H groups in total. The first-order valence-corrected chi connectivity index (χ1v) is 7.61. The molecule has 0 bridgehead atoms. The van der Waals surface area contributed by atoms with Gasteiger partial charge in [0.05, 0.1) is 11.4 Å². The highest BCUT2D eigenvalue weighted by molar-refractivity contribution is 5.96. The third-order valence-corrected chi connectivity index (χ3v) is 3.17. The van der Waals surface area contributed by atoms with Crippen molar-refractivity contribution in [1.82, 2.24) is 5.32 Å². The molecule has 0 aliphatic rings. The molecule has 0 fully saturated rings. The molecule has 0 saturated heterocycles. The Morgan fingerprint density at radius 3 is 2.29 bits per heavy atom. The Hall–Kier alpha value is -2.95. The normalized spacial score (nSPS) is 9.33. The zero-order valence-corrected chi connectivity index (χ0v) is 14.2. The SMILES string of the molecule is C=Cc1cc(-c2ccc(F)cc2)cc(NC(=O)NC)c1N=C.CC. The number of benzene rings is 2. The molecule has 0 spiro atoms. The topological polar surface area (TPSA) is 53.5 Å². The molecule has 0 unspecified atom stereocenters. The minimum atomic E-state index is -0.365. The summed E-state index contributed by atoms with van der Waals surface area (Å²) in [7, 11) is 1.52. The Balaban J connectivity index is 0.00000139. The van der Waals surface area contributed by atoms with Crippen LogP contribution in [0.3, 0.4) is 0 Å². The zero-order chi connectivity index (χ0) is 18.1. The van der Waals surface area contributed by atoms with Gasteiger partial charge in [-0.15, -0.1) is 0 Å². The van der Waals surface area contributed by atoms with Crippen LogP contribution in [-0.4, -0.2) is 19.8 Å². The fourth-order valence-corrected chi connectivity index (χ4v) is 2.08. The van der Waals surface area contributed by atoms with Crippen molar-refractivity contribution < 1.29 is 9.18 Å². The van der Waals surface area contributed by atoms with E-state index in [0.717, 1.165) is 16.7 Å². The lowest BCUT2D eigenvalue weighted by molar-refractivity contribution is 0.254. The van der Waals surface area contributed by atoms with Crippen LogP contribution >= 0.6 is 0 Å². The molecule has 0 radical (unpaired) electrons. The summed E-state index contributed by atoms with van der Waals surface area (Å²) in [5.74, 6) is -0.305. The lowest BCUT2D eigenvalue weighted by Gasteiger charge is -2.13. The van der Waals surface area contributed by atoms with Gasteiger partial charge in [0.25, 0.3) is 0 Å². The number of carbonyl (C=O) groups excluding carboxylic acids is 1. The highest BCUT2D eigenvalue weighted by Gasteiger charge is 2.11. The average molecular weight is 327 g/mol. The third-order valence-electron chi connectivity index (χ3n) is 3.17. The maximum atomic E-state index is 13.1. The summed E-state index contributed by atoms with van der Waals surface area (Å²) in [4.78, 5) is 15.5.